The molecule has 3 N–H and O–H groups in total. The molecular formula is C18H19ClN2O3. The molecule has 24 heavy (non-hydrogen) atoms. The summed E-state index contributed by atoms with van der Waals surface area (Å²) in [6, 6.07) is 14.0. The van der Waals surface area contributed by atoms with E-state index in [0.717, 1.165) is 0 Å². The lowest BCUT2D eigenvalue weighted by atomic mass is 9.96. The molecule has 1 atom stereocenters. The maximum atomic E-state index is 12.0. The number of carbonyl (C=O) groups excluding carboxylic acids is 2. The monoisotopic (exact) mass is 346 g/mol. The first-order valence-corrected chi connectivity index (χ1v) is 7.81. The average Bonchev–Trinajstić information content (AvgIpc) is 2.57. The van der Waals surface area contributed by atoms with E-state index in [4.69, 9.17) is 11.6 Å². The zero-order chi connectivity index (χ0) is 17.7. The summed E-state index contributed by atoms with van der Waals surface area (Å²) < 4.78 is 0. The second-order valence-electron chi connectivity index (χ2n) is 5.69. The van der Waals surface area contributed by atoms with Crippen LogP contribution in [0.2, 0.25) is 5.02 Å². The van der Waals surface area contributed by atoms with Crippen molar-refractivity contribution in [2.24, 2.45) is 0 Å². The van der Waals surface area contributed by atoms with Crippen molar-refractivity contribution in [3.63, 3.8) is 0 Å². The molecule has 0 saturated carbocycles. The number of nitrogens with one attached hydrogen (secondary N) is 2. The van der Waals surface area contributed by atoms with Crippen LogP contribution in [0.15, 0.2) is 48.5 Å². The fourth-order valence-electron chi connectivity index (χ4n) is 2.15. The SMILES string of the molecule is Cc1c(Cl)cccc1NC(=O)C(=O)NCC(C)(O)c1ccccc1. The number of aliphatic hydroxyl groups is 1. The van der Waals surface area contributed by atoms with Gasteiger partial charge in [0.25, 0.3) is 0 Å². The van der Waals surface area contributed by atoms with Gasteiger partial charge in [-0.05, 0) is 37.1 Å². The Morgan fingerprint density at radius 2 is 1.75 bits per heavy atom. The molecule has 126 valence electrons. The van der Waals surface area contributed by atoms with Crippen LogP contribution < -0.4 is 10.6 Å². The molecule has 0 aliphatic rings. The molecule has 0 aliphatic heterocycles. The van der Waals surface area contributed by atoms with E-state index in [-0.39, 0.29) is 6.54 Å². The largest absolute Gasteiger partial charge is 0.384 e. The third-order valence-electron chi connectivity index (χ3n) is 3.71. The minimum Gasteiger partial charge on any atom is -0.384 e. The van der Waals surface area contributed by atoms with Crippen molar-refractivity contribution in [3.05, 3.63) is 64.7 Å². The van der Waals surface area contributed by atoms with E-state index in [9.17, 15) is 14.7 Å². The number of rotatable bonds is 4. The predicted molar refractivity (Wildman–Crippen MR) is 93.8 cm³/mol. The second-order valence-corrected chi connectivity index (χ2v) is 6.10. The van der Waals surface area contributed by atoms with Gasteiger partial charge in [-0.2, -0.15) is 0 Å². The zero-order valence-corrected chi connectivity index (χ0v) is 14.2. The summed E-state index contributed by atoms with van der Waals surface area (Å²) in [5, 5.41) is 15.9. The summed E-state index contributed by atoms with van der Waals surface area (Å²) in [5.74, 6) is -1.64. The minimum atomic E-state index is -1.27. The maximum absolute atomic E-state index is 12.0. The van der Waals surface area contributed by atoms with E-state index in [1.54, 1.807) is 56.3 Å². The maximum Gasteiger partial charge on any atom is 0.313 e. The molecule has 0 radical (unpaired) electrons. The summed E-state index contributed by atoms with van der Waals surface area (Å²) in [5.41, 5.74) is 0.522. The Kier molecular flexibility index (Phi) is 5.59. The van der Waals surface area contributed by atoms with Gasteiger partial charge in [0.1, 0.15) is 5.60 Å². The van der Waals surface area contributed by atoms with Crippen molar-refractivity contribution in [3.8, 4) is 0 Å². The van der Waals surface area contributed by atoms with Crippen molar-refractivity contribution in [2.75, 3.05) is 11.9 Å². The highest BCUT2D eigenvalue weighted by atomic mass is 35.5. The van der Waals surface area contributed by atoms with Crippen LogP contribution in [0.25, 0.3) is 0 Å². The summed E-state index contributed by atoms with van der Waals surface area (Å²) in [6.45, 7) is 3.23. The Bertz CT molecular complexity index is 745. The average molecular weight is 347 g/mol. The van der Waals surface area contributed by atoms with Gasteiger partial charge in [0.15, 0.2) is 0 Å². The van der Waals surface area contributed by atoms with E-state index in [1.165, 1.54) is 0 Å². The number of hydrogen-bond donors (Lipinski definition) is 3. The number of halogens is 1. The Hall–Kier alpha value is -2.37. The molecule has 0 aromatic heterocycles. The zero-order valence-electron chi connectivity index (χ0n) is 13.5. The van der Waals surface area contributed by atoms with Gasteiger partial charge in [-0.1, -0.05) is 48.0 Å². The van der Waals surface area contributed by atoms with Gasteiger partial charge in [-0.3, -0.25) is 9.59 Å². The molecule has 5 nitrogen and oxygen atoms in total. The highest BCUT2D eigenvalue weighted by Gasteiger charge is 2.25. The van der Waals surface area contributed by atoms with Gasteiger partial charge in [-0.25, -0.2) is 0 Å². The third-order valence-corrected chi connectivity index (χ3v) is 4.12. The summed E-state index contributed by atoms with van der Waals surface area (Å²) in [6.07, 6.45) is 0. The van der Waals surface area contributed by atoms with Crippen LogP contribution in [0.5, 0.6) is 0 Å². The van der Waals surface area contributed by atoms with Crippen LogP contribution in [0, 0.1) is 6.92 Å². The number of anilines is 1. The van der Waals surface area contributed by atoms with Crippen LogP contribution in [0.4, 0.5) is 5.69 Å². The Balaban J connectivity index is 1.97. The molecular weight excluding hydrogens is 328 g/mol. The number of hydrogen-bond acceptors (Lipinski definition) is 3. The lowest BCUT2D eigenvalue weighted by Crippen LogP contribution is -2.43. The fraction of sp³-hybridized carbons (Fsp3) is 0.222. The van der Waals surface area contributed by atoms with Crippen LogP contribution >= 0.6 is 11.6 Å². The Morgan fingerprint density at radius 1 is 1.08 bits per heavy atom. The molecule has 2 aromatic rings. The fourth-order valence-corrected chi connectivity index (χ4v) is 2.33. The first kappa shape index (κ1) is 18.0. The topological polar surface area (TPSA) is 78.4 Å². The van der Waals surface area contributed by atoms with Crippen LogP contribution in [-0.4, -0.2) is 23.5 Å². The number of carbonyl (C=O) groups is 2. The molecule has 2 amide bonds. The molecule has 0 saturated heterocycles. The highest BCUT2D eigenvalue weighted by Crippen LogP contribution is 2.23. The number of benzene rings is 2. The molecule has 2 aromatic carbocycles. The summed E-state index contributed by atoms with van der Waals surface area (Å²) >= 11 is 5.98. The smallest absolute Gasteiger partial charge is 0.313 e. The van der Waals surface area contributed by atoms with Crippen molar-refractivity contribution >= 4 is 29.1 Å². The first-order valence-electron chi connectivity index (χ1n) is 7.43. The molecule has 0 bridgehead atoms. The van der Waals surface area contributed by atoms with Gasteiger partial charge >= 0.3 is 11.8 Å². The summed E-state index contributed by atoms with van der Waals surface area (Å²) in [4.78, 5) is 23.9. The molecule has 6 heteroatoms. The lowest BCUT2D eigenvalue weighted by molar-refractivity contribution is -0.136. The van der Waals surface area contributed by atoms with E-state index < -0.39 is 17.4 Å². The van der Waals surface area contributed by atoms with E-state index >= 15 is 0 Å². The summed E-state index contributed by atoms with van der Waals surface area (Å²) in [7, 11) is 0. The van der Waals surface area contributed by atoms with Crippen molar-refractivity contribution in [1.29, 1.82) is 0 Å². The first-order chi connectivity index (χ1) is 11.3. The van der Waals surface area contributed by atoms with Crippen LogP contribution in [0.1, 0.15) is 18.1 Å². The molecule has 0 aliphatic carbocycles. The molecule has 1 unspecified atom stereocenters. The van der Waals surface area contributed by atoms with E-state index in [1.807, 2.05) is 6.07 Å². The van der Waals surface area contributed by atoms with Crippen LogP contribution in [0.3, 0.4) is 0 Å². The quantitative estimate of drug-likeness (QED) is 0.745. The van der Waals surface area contributed by atoms with Crippen molar-refractivity contribution in [1.82, 2.24) is 5.32 Å². The van der Waals surface area contributed by atoms with E-state index in [2.05, 4.69) is 10.6 Å². The number of amides is 2. The van der Waals surface area contributed by atoms with Gasteiger partial charge < -0.3 is 15.7 Å². The van der Waals surface area contributed by atoms with Crippen molar-refractivity contribution < 1.29 is 14.7 Å². The lowest BCUT2D eigenvalue weighted by Gasteiger charge is -2.24. The minimum absolute atomic E-state index is 0.0855. The van der Waals surface area contributed by atoms with Crippen LogP contribution in [-0.2, 0) is 15.2 Å². The predicted octanol–water partition coefficient (Wildman–Crippen LogP) is 2.61. The molecule has 0 heterocycles. The van der Waals surface area contributed by atoms with Gasteiger partial charge in [0.05, 0.1) is 6.54 Å². The standard InChI is InChI=1S/C18H19ClN2O3/c1-12-14(19)9-6-10-15(12)21-17(23)16(22)20-11-18(2,24)13-7-4-3-5-8-13/h3-10,24H,11H2,1-2H3,(H,20,22)(H,21,23). The third kappa shape index (κ3) is 4.34. The van der Waals surface area contributed by atoms with Gasteiger partial charge in [0, 0.05) is 10.7 Å². The highest BCUT2D eigenvalue weighted by molar-refractivity contribution is 6.40. The van der Waals surface area contributed by atoms with E-state index in [0.29, 0.717) is 21.8 Å². The van der Waals surface area contributed by atoms with Gasteiger partial charge in [-0.15, -0.1) is 0 Å². The van der Waals surface area contributed by atoms with Gasteiger partial charge in [0.2, 0.25) is 0 Å². The molecule has 0 fully saturated rings. The second kappa shape index (κ2) is 7.47. The Labute approximate surface area is 145 Å². The molecule has 2 rings (SSSR count). The Morgan fingerprint density at radius 3 is 2.42 bits per heavy atom. The molecule has 0 spiro atoms. The normalized spacial score (nSPS) is 13.0. The van der Waals surface area contributed by atoms with Crippen molar-refractivity contribution in [2.45, 2.75) is 19.4 Å².